The number of rotatable bonds is 9. The van der Waals surface area contributed by atoms with E-state index in [1.807, 2.05) is 47.0 Å². The highest BCUT2D eigenvalue weighted by Crippen LogP contribution is 2.29. The first-order valence-corrected chi connectivity index (χ1v) is 10.0. The molecule has 4 rings (SSSR count). The van der Waals surface area contributed by atoms with Gasteiger partial charge in [-0.2, -0.15) is 0 Å². The molecule has 0 saturated heterocycles. The summed E-state index contributed by atoms with van der Waals surface area (Å²) in [6, 6.07) is 13.4. The highest BCUT2D eigenvalue weighted by atomic mass is 16.5. The van der Waals surface area contributed by atoms with Gasteiger partial charge in [-0.25, -0.2) is 4.79 Å². The van der Waals surface area contributed by atoms with Gasteiger partial charge in [0, 0.05) is 41.3 Å². The predicted octanol–water partition coefficient (Wildman–Crippen LogP) is 3.61. The number of carboxylic acids is 1. The number of ketones is 1. The lowest BCUT2D eigenvalue weighted by atomic mass is 10.1. The summed E-state index contributed by atoms with van der Waals surface area (Å²) in [5.41, 5.74) is 2.27. The molecule has 3 aromatic rings. The molecule has 0 atom stereocenters. The molecule has 1 saturated carbocycles. The molecular weight excluding hydrogens is 396 g/mol. The topological polar surface area (TPSA) is 89.8 Å². The second kappa shape index (κ2) is 8.55. The van der Waals surface area contributed by atoms with Crippen LogP contribution in [0.15, 0.2) is 60.4 Å². The average molecular weight is 420 g/mol. The normalized spacial score (nSPS) is 13.8. The van der Waals surface area contributed by atoms with Crippen LogP contribution in [0.1, 0.15) is 28.8 Å². The molecule has 7 nitrogen and oxygen atoms in total. The number of hydrogen-bond donors (Lipinski definition) is 2. The van der Waals surface area contributed by atoms with E-state index in [0.717, 1.165) is 29.3 Å². The second-order valence-corrected chi connectivity index (χ2v) is 7.52. The molecule has 0 aliphatic heterocycles. The molecule has 1 aromatic heterocycles. The minimum Gasteiger partial charge on any atom is -0.493 e. The molecule has 160 valence electrons. The number of fused-ring (bicyclic) bond motifs is 1. The SMILES string of the molecule is COc1ccc(Cn2cc(C(=O)/C=C(\NC3CC3)C(=O)O)c3ccccc32)cc1OC. The van der Waals surface area contributed by atoms with Crippen LogP contribution in [0.5, 0.6) is 11.5 Å². The Labute approximate surface area is 179 Å². The molecule has 2 aromatic carbocycles. The Morgan fingerprint density at radius 2 is 1.87 bits per heavy atom. The molecule has 0 bridgehead atoms. The van der Waals surface area contributed by atoms with E-state index >= 15 is 0 Å². The summed E-state index contributed by atoms with van der Waals surface area (Å²) in [5.74, 6) is -0.191. The van der Waals surface area contributed by atoms with Crippen molar-refractivity contribution >= 4 is 22.7 Å². The van der Waals surface area contributed by atoms with Crippen LogP contribution in [0.4, 0.5) is 0 Å². The monoisotopic (exact) mass is 420 g/mol. The minimum atomic E-state index is -1.13. The Bertz CT molecular complexity index is 1170. The fraction of sp³-hybridized carbons (Fsp3) is 0.250. The van der Waals surface area contributed by atoms with Gasteiger partial charge in [-0.3, -0.25) is 4.79 Å². The van der Waals surface area contributed by atoms with E-state index in [1.54, 1.807) is 20.4 Å². The smallest absolute Gasteiger partial charge is 0.352 e. The summed E-state index contributed by atoms with van der Waals surface area (Å²) in [6.07, 6.45) is 4.80. The van der Waals surface area contributed by atoms with Crippen molar-refractivity contribution in [3.05, 3.63) is 71.6 Å². The van der Waals surface area contributed by atoms with Crippen molar-refractivity contribution in [2.75, 3.05) is 14.2 Å². The molecular formula is C24H24N2O5. The first-order chi connectivity index (χ1) is 15.0. The van der Waals surface area contributed by atoms with Crippen molar-refractivity contribution < 1.29 is 24.2 Å². The number of para-hydroxylation sites is 1. The molecule has 1 aliphatic carbocycles. The maximum Gasteiger partial charge on any atom is 0.352 e. The van der Waals surface area contributed by atoms with Crippen molar-refractivity contribution in [1.82, 2.24) is 9.88 Å². The lowest BCUT2D eigenvalue weighted by Gasteiger charge is -2.11. The van der Waals surface area contributed by atoms with Crippen LogP contribution in [-0.4, -0.2) is 41.7 Å². The van der Waals surface area contributed by atoms with Crippen LogP contribution in [0.25, 0.3) is 10.9 Å². The van der Waals surface area contributed by atoms with Gasteiger partial charge in [0.2, 0.25) is 0 Å². The van der Waals surface area contributed by atoms with Gasteiger partial charge in [-0.1, -0.05) is 24.3 Å². The minimum absolute atomic E-state index is 0.0655. The molecule has 31 heavy (non-hydrogen) atoms. The van der Waals surface area contributed by atoms with Crippen molar-refractivity contribution in [3.63, 3.8) is 0 Å². The van der Waals surface area contributed by atoms with E-state index in [4.69, 9.17) is 9.47 Å². The maximum absolute atomic E-state index is 13.0. The summed E-state index contributed by atoms with van der Waals surface area (Å²) in [7, 11) is 3.18. The number of methoxy groups -OCH3 is 2. The zero-order valence-corrected chi connectivity index (χ0v) is 17.4. The van der Waals surface area contributed by atoms with Crippen LogP contribution >= 0.6 is 0 Å². The number of nitrogens with zero attached hydrogens (tertiary/aromatic N) is 1. The van der Waals surface area contributed by atoms with Gasteiger partial charge in [0.1, 0.15) is 5.70 Å². The number of benzene rings is 2. The number of carboxylic acid groups (broad SMARTS) is 1. The number of aromatic nitrogens is 1. The van der Waals surface area contributed by atoms with E-state index in [0.29, 0.717) is 23.6 Å². The molecule has 0 spiro atoms. The summed E-state index contributed by atoms with van der Waals surface area (Å²) < 4.78 is 12.7. The van der Waals surface area contributed by atoms with E-state index in [1.165, 1.54) is 6.08 Å². The average Bonchev–Trinajstić information content (AvgIpc) is 3.53. The number of hydrogen-bond acceptors (Lipinski definition) is 5. The summed E-state index contributed by atoms with van der Waals surface area (Å²) in [5, 5.41) is 13.1. The molecule has 0 amide bonds. The first-order valence-electron chi connectivity index (χ1n) is 10.0. The molecule has 2 N–H and O–H groups in total. The third kappa shape index (κ3) is 4.40. The number of nitrogens with one attached hydrogen (secondary N) is 1. The number of carbonyl (C=O) groups excluding carboxylic acids is 1. The summed E-state index contributed by atoms with van der Waals surface area (Å²) >= 11 is 0. The Balaban J connectivity index is 1.69. The number of allylic oxidation sites excluding steroid dienone is 1. The third-order valence-electron chi connectivity index (χ3n) is 5.30. The second-order valence-electron chi connectivity index (χ2n) is 7.52. The van der Waals surface area contributed by atoms with E-state index in [2.05, 4.69) is 5.32 Å². The predicted molar refractivity (Wildman–Crippen MR) is 117 cm³/mol. The Hall–Kier alpha value is -3.74. The molecule has 7 heteroatoms. The van der Waals surface area contributed by atoms with Crippen LogP contribution in [0.3, 0.4) is 0 Å². The van der Waals surface area contributed by atoms with Crippen LogP contribution in [0.2, 0.25) is 0 Å². The van der Waals surface area contributed by atoms with Crippen LogP contribution in [0, 0.1) is 0 Å². The third-order valence-corrected chi connectivity index (χ3v) is 5.30. The lowest BCUT2D eigenvalue weighted by Crippen LogP contribution is -2.23. The van der Waals surface area contributed by atoms with Gasteiger partial charge in [0.15, 0.2) is 17.3 Å². The number of aliphatic carboxylic acids is 1. The van der Waals surface area contributed by atoms with Gasteiger partial charge in [0.25, 0.3) is 0 Å². The fourth-order valence-corrected chi connectivity index (χ4v) is 3.57. The molecule has 0 radical (unpaired) electrons. The quantitative estimate of drug-likeness (QED) is 0.406. The molecule has 0 unspecified atom stereocenters. The van der Waals surface area contributed by atoms with E-state index in [-0.39, 0.29) is 17.5 Å². The largest absolute Gasteiger partial charge is 0.493 e. The summed E-state index contributed by atoms with van der Waals surface area (Å²) in [4.78, 5) is 24.5. The molecule has 1 heterocycles. The van der Waals surface area contributed by atoms with Crippen molar-refractivity contribution in [2.24, 2.45) is 0 Å². The summed E-state index contributed by atoms with van der Waals surface area (Å²) in [6.45, 7) is 0.518. The Kier molecular flexibility index (Phi) is 5.66. The van der Waals surface area contributed by atoms with Crippen molar-refractivity contribution in [1.29, 1.82) is 0 Å². The maximum atomic E-state index is 13.0. The highest BCUT2D eigenvalue weighted by molar-refractivity contribution is 6.15. The lowest BCUT2D eigenvalue weighted by molar-refractivity contribution is -0.133. The zero-order valence-electron chi connectivity index (χ0n) is 17.4. The van der Waals surface area contributed by atoms with Crippen LogP contribution < -0.4 is 14.8 Å². The molecule has 1 fully saturated rings. The Morgan fingerprint density at radius 3 is 2.55 bits per heavy atom. The van der Waals surface area contributed by atoms with Crippen molar-refractivity contribution in [3.8, 4) is 11.5 Å². The van der Waals surface area contributed by atoms with E-state index in [9.17, 15) is 14.7 Å². The van der Waals surface area contributed by atoms with Crippen molar-refractivity contribution in [2.45, 2.75) is 25.4 Å². The Morgan fingerprint density at radius 1 is 1.13 bits per heavy atom. The van der Waals surface area contributed by atoms with E-state index < -0.39 is 5.97 Å². The highest BCUT2D eigenvalue weighted by Gasteiger charge is 2.25. The molecule has 1 aliphatic rings. The standard InChI is InChI=1S/C24H24N2O5/c1-30-22-10-7-15(11-23(22)31-2)13-26-14-18(17-5-3-4-6-20(17)26)21(27)12-19(24(28)29)25-16-8-9-16/h3-7,10-12,14,16,25H,8-9,13H2,1-2H3,(H,28,29)/b19-12-. The number of carbonyl (C=O) groups is 2. The van der Waals surface area contributed by atoms with Gasteiger partial charge in [0.05, 0.1) is 14.2 Å². The van der Waals surface area contributed by atoms with Gasteiger partial charge >= 0.3 is 5.97 Å². The van der Waals surface area contributed by atoms with Gasteiger partial charge < -0.3 is 24.5 Å². The van der Waals surface area contributed by atoms with Crippen LogP contribution in [-0.2, 0) is 11.3 Å². The number of ether oxygens (including phenoxy) is 2. The zero-order chi connectivity index (χ0) is 22.0. The first kappa shape index (κ1) is 20.5. The van der Waals surface area contributed by atoms with Gasteiger partial charge in [-0.15, -0.1) is 0 Å². The fourth-order valence-electron chi connectivity index (χ4n) is 3.57. The van der Waals surface area contributed by atoms with Gasteiger partial charge in [-0.05, 0) is 36.6 Å².